The lowest BCUT2D eigenvalue weighted by Gasteiger charge is -2.03. The highest BCUT2D eigenvalue weighted by molar-refractivity contribution is 7.09. The van der Waals surface area contributed by atoms with Crippen molar-refractivity contribution in [2.75, 3.05) is 6.54 Å². The first-order valence-electron chi connectivity index (χ1n) is 5.39. The Morgan fingerprint density at radius 1 is 1.60 bits per heavy atom. The van der Waals surface area contributed by atoms with Crippen molar-refractivity contribution >= 4 is 17.2 Å². The van der Waals surface area contributed by atoms with Crippen LogP contribution in [0, 0.1) is 6.92 Å². The largest absolute Gasteiger partial charge is 0.356 e. The van der Waals surface area contributed by atoms with E-state index in [1.807, 2.05) is 12.4 Å². The van der Waals surface area contributed by atoms with Crippen molar-refractivity contribution in [1.29, 1.82) is 0 Å². The van der Waals surface area contributed by atoms with E-state index in [0.717, 1.165) is 31.5 Å². The maximum absolute atomic E-state index is 11.3. The fourth-order valence-electron chi connectivity index (χ4n) is 1.31. The number of carbonyl (C=O) groups is 1. The van der Waals surface area contributed by atoms with Gasteiger partial charge < -0.3 is 5.32 Å². The molecule has 1 N–H and O–H groups in total. The van der Waals surface area contributed by atoms with Crippen LogP contribution in [0.5, 0.6) is 0 Å². The van der Waals surface area contributed by atoms with E-state index < -0.39 is 0 Å². The Hall–Kier alpha value is -0.900. The van der Waals surface area contributed by atoms with E-state index in [0.29, 0.717) is 6.42 Å². The van der Waals surface area contributed by atoms with E-state index in [2.05, 4.69) is 17.2 Å². The molecule has 0 radical (unpaired) electrons. The van der Waals surface area contributed by atoms with Gasteiger partial charge in [0.15, 0.2) is 0 Å². The molecule has 84 valence electrons. The van der Waals surface area contributed by atoms with Gasteiger partial charge >= 0.3 is 0 Å². The second kappa shape index (κ2) is 6.56. The molecule has 0 aromatic carbocycles. The molecule has 0 saturated carbocycles. The molecular formula is C11H18N2OS. The highest BCUT2D eigenvalue weighted by atomic mass is 32.1. The van der Waals surface area contributed by atoms with E-state index >= 15 is 0 Å². The Morgan fingerprint density at radius 3 is 3.00 bits per heavy atom. The Bertz CT molecular complexity index is 309. The molecule has 1 aromatic heterocycles. The lowest BCUT2D eigenvalue weighted by atomic mass is 10.2. The van der Waals surface area contributed by atoms with Crippen LogP contribution in [0.25, 0.3) is 0 Å². The van der Waals surface area contributed by atoms with Crippen LogP contribution < -0.4 is 5.32 Å². The summed E-state index contributed by atoms with van der Waals surface area (Å²) in [6, 6.07) is 0. The van der Waals surface area contributed by atoms with Gasteiger partial charge in [0, 0.05) is 24.3 Å². The lowest BCUT2D eigenvalue weighted by molar-refractivity contribution is -0.121. The highest BCUT2D eigenvalue weighted by Crippen LogP contribution is 2.11. The predicted molar refractivity (Wildman–Crippen MR) is 63.1 cm³/mol. The summed E-state index contributed by atoms with van der Waals surface area (Å²) in [4.78, 5) is 16.7. The van der Waals surface area contributed by atoms with Crippen molar-refractivity contribution in [1.82, 2.24) is 10.3 Å². The molecule has 1 aromatic rings. The maximum atomic E-state index is 11.3. The molecule has 0 saturated heterocycles. The van der Waals surface area contributed by atoms with Crippen molar-refractivity contribution < 1.29 is 4.79 Å². The quantitative estimate of drug-likeness (QED) is 0.808. The molecule has 0 atom stereocenters. The van der Waals surface area contributed by atoms with Crippen LogP contribution in [0.15, 0.2) is 5.51 Å². The molecule has 0 aliphatic carbocycles. The lowest BCUT2D eigenvalue weighted by Crippen LogP contribution is -2.25. The van der Waals surface area contributed by atoms with Gasteiger partial charge in [-0.1, -0.05) is 13.3 Å². The first-order chi connectivity index (χ1) is 7.24. The summed E-state index contributed by atoms with van der Waals surface area (Å²) in [6.07, 6.45) is 3.60. The average molecular weight is 226 g/mol. The number of nitrogens with one attached hydrogen (secondary N) is 1. The fraction of sp³-hybridized carbons (Fsp3) is 0.636. The van der Waals surface area contributed by atoms with Crippen LogP contribution in [0.4, 0.5) is 0 Å². The Labute approximate surface area is 94.9 Å². The van der Waals surface area contributed by atoms with E-state index in [4.69, 9.17) is 0 Å². The molecule has 3 nitrogen and oxygen atoms in total. The van der Waals surface area contributed by atoms with Crippen molar-refractivity contribution in [3.05, 3.63) is 16.1 Å². The van der Waals surface area contributed by atoms with Gasteiger partial charge in [0.2, 0.25) is 5.91 Å². The number of rotatable bonds is 6. The van der Waals surface area contributed by atoms with E-state index in [-0.39, 0.29) is 5.91 Å². The fourth-order valence-corrected chi connectivity index (χ4v) is 2.09. The molecule has 0 aliphatic heterocycles. The number of carbonyl (C=O) groups excluding carboxylic acids is 1. The topological polar surface area (TPSA) is 42.0 Å². The number of aromatic nitrogens is 1. The zero-order valence-electron chi connectivity index (χ0n) is 9.38. The molecular weight excluding hydrogens is 208 g/mol. The third-order valence-electron chi connectivity index (χ3n) is 2.28. The van der Waals surface area contributed by atoms with Crippen LogP contribution in [0.1, 0.15) is 36.8 Å². The number of hydrogen-bond donors (Lipinski definition) is 1. The van der Waals surface area contributed by atoms with E-state index in [1.54, 1.807) is 11.3 Å². The molecule has 1 heterocycles. The standard InChI is InChI=1S/C11H18N2OS/c1-3-4-5-11(14)12-7-6-10-9(2)13-8-15-10/h8H,3-7H2,1-2H3,(H,12,14). The van der Waals surface area contributed by atoms with Crippen molar-refractivity contribution in [2.24, 2.45) is 0 Å². The number of thiazole rings is 1. The third kappa shape index (κ3) is 4.42. The number of aryl methyl sites for hydroxylation is 1. The Kier molecular flexibility index (Phi) is 5.32. The predicted octanol–water partition coefficient (Wildman–Crippen LogP) is 2.30. The molecule has 0 aliphatic rings. The Balaban J connectivity index is 2.16. The van der Waals surface area contributed by atoms with Gasteiger partial charge in [0.05, 0.1) is 11.2 Å². The molecule has 0 fully saturated rings. The number of hydrogen-bond acceptors (Lipinski definition) is 3. The third-order valence-corrected chi connectivity index (χ3v) is 3.27. The zero-order valence-corrected chi connectivity index (χ0v) is 10.2. The van der Waals surface area contributed by atoms with Gasteiger partial charge in [-0.2, -0.15) is 0 Å². The zero-order chi connectivity index (χ0) is 11.1. The average Bonchev–Trinajstić information content (AvgIpc) is 2.61. The van der Waals surface area contributed by atoms with Gasteiger partial charge in [0.1, 0.15) is 0 Å². The maximum Gasteiger partial charge on any atom is 0.220 e. The molecule has 1 amide bonds. The molecule has 15 heavy (non-hydrogen) atoms. The first-order valence-corrected chi connectivity index (χ1v) is 6.27. The summed E-state index contributed by atoms with van der Waals surface area (Å²) in [5.41, 5.74) is 2.94. The van der Waals surface area contributed by atoms with Gasteiger partial charge in [-0.05, 0) is 13.3 Å². The van der Waals surface area contributed by atoms with Crippen LogP contribution in [-0.2, 0) is 11.2 Å². The van der Waals surface area contributed by atoms with Crippen molar-refractivity contribution in [3.63, 3.8) is 0 Å². The number of unbranched alkanes of at least 4 members (excludes halogenated alkanes) is 1. The summed E-state index contributed by atoms with van der Waals surface area (Å²) in [5.74, 6) is 0.166. The van der Waals surface area contributed by atoms with E-state index in [1.165, 1.54) is 4.88 Å². The molecule has 4 heteroatoms. The SMILES string of the molecule is CCCCC(=O)NCCc1scnc1C. The number of amides is 1. The normalized spacial score (nSPS) is 10.3. The minimum Gasteiger partial charge on any atom is -0.356 e. The van der Waals surface area contributed by atoms with Crippen molar-refractivity contribution in [3.8, 4) is 0 Å². The summed E-state index contributed by atoms with van der Waals surface area (Å²) < 4.78 is 0. The van der Waals surface area contributed by atoms with Crippen molar-refractivity contribution in [2.45, 2.75) is 39.5 Å². The summed E-state index contributed by atoms with van der Waals surface area (Å²) >= 11 is 1.66. The number of nitrogens with zero attached hydrogens (tertiary/aromatic N) is 1. The second-order valence-electron chi connectivity index (χ2n) is 3.56. The van der Waals surface area contributed by atoms with Gasteiger partial charge in [-0.3, -0.25) is 4.79 Å². The molecule has 1 rings (SSSR count). The Morgan fingerprint density at radius 2 is 2.40 bits per heavy atom. The van der Waals surface area contributed by atoms with Gasteiger partial charge in [-0.15, -0.1) is 11.3 Å². The van der Waals surface area contributed by atoms with Crippen LogP contribution in [0.3, 0.4) is 0 Å². The van der Waals surface area contributed by atoms with Crippen LogP contribution in [0.2, 0.25) is 0 Å². The summed E-state index contributed by atoms with van der Waals surface area (Å²) in [7, 11) is 0. The molecule has 0 bridgehead atoms. The summed E-state index contributed by atoms with van der Waals surface area (Å²) in [6.45, 7) is 4.82. The molecule has 0 unspecified atom stereocenters. The first kappa shape index (κ1) is 12.2. The monoisotopic (exact) mass is 226 g/mol. The van der Waals surface area contributed by atoms with Gasteiger partial charge in [-0.25, -0.2) is 4.98 Å². The van der Waals surface area contributed by atoms with Gasteiger partial charge in [0.25, 0.3) is 0 Å². The molecule has 0 spiro atoms. The minimum atomic E-state index is 0.166. The van der Waals surface area contributed by atoms with Crippen LogP contribution in [-0.4, -0.2) is 17.4 Å². The van der Waals surface area contributed by atoms with Crippen LogP contribution >= 0.6 is 11.3 Å². The minimum absolute atomic E-state index is 0.166. The smallest absolute Gasteiger partial charge is 0.220 e. The summed E-state index contributed by atoms with van der Waals surface area (Å²) in [5, 5.41) is 2.92. The second-order valence-corrected chi connectivity index (χ2v) is 4.50. The van der Waals surface area contributed by atoms with E-state index in [9.17, 15) is 4.79 Å². The highest BCUT2D eigenvalue weighted by Gasteiger charge is 2.03.